The maximum Gasteiger partial charge on any atom is 0.131 e. The Morgan fingerprint density at radius 2 is 2.10 bits per heavy atom. The summed E-state index contributed by atoms with van der Waals surface area (Å²) in [5.41, 5.74) is 3.86. The molecule has 0 aliphatic heterocycles. The molecule has 3 rings (SSSR count). The molecule has 0 radical (unpaired) electrons. The van der Waals surface area contributed by atoms with E-state index in [1.54, 1.807) is 7.11 Å². The second-order valence-corrected chi connectivity index (χ2v) is 6.69. The fourth-order valence-corrected chi connectivity index (χ4v) is 3.15. The summed E-state index contributed by atoms with van der Waals surface area (Å²) in [4.78, 5) is 9.50. The van der Waals surface area contributed by atoms with E-state index in [0.717, 1.165) is 43.6 Å². The summed E-state index contributed by atoms with van der Waals surface area (Å²) in [5, 5.41) is 3.66. The molecular formula is C17H27N3O. The number of hydrogen-bond acceptors (Lipinski definition) is 4. The van der Waals surface area contributed by atoms with E-state index >= 15 is 0 Å². The van der Waals surface area contributed by atoms with Crippen LogP contribution in [0.15, 0.2) is 0 Å². The smallest absolute Gasteiger partial charge is 0.131 e. The van der Waals surface area contributed by atoms with E-state index in [9.17, 15) is 0 Å². The zero-order valence-corrected chi connectivity index (χ0v) is 13.5. The number of rotatable bonds is 6. The van der Waals surface area contributed by atoms with Gasteiger partial charge >= 0.3 is 0 Å². The maximum atomic E-state index is 5.33. The Balaban J connectivity index is 1.67. The molecule has 1 saturated carbocycles. The third kappa shape index (κ3) is 3.80. The summed E-state index contributed by atoms with van der Waals surface area (Å²) in [6, 6.07) is 0.807. The first kappa shape index (κ1) is 14.9. The van der Waals surface area contributed by atoms with Gasteiger partial charge in [-0.2, -0.15) is 0 Å². The lowest BCUT2D eigenvalue weighted by Gasteiger charge is -2.26. The van der Waals surface area contributed by atoms with Crippen molar-refractivity contribution >= 4 is 0 Å². The van der Waals surface area contributed by atoms with E-state index < -0.39 is 0 Å². The summed E-state index contributed by atoms with van der Waals surface area (Å²) >= 11 is 0. The molecule has 0 amide bonds. The topological polar surface area (TPSA) is 47.0 Å². The zero-order chi connectivity index (χ0) is 14.8. The first-order chi connectivity index (χ1) is 10.2. The molecule has 0 aromatic carbocycles. The summed E-state index contributed by atoms with van der Waals surface area (Å²) in [6.07, 6.45) is 7.21. The molecule has 1 fully saturated rings. The van der Waals surface area contributed by atoms with E-state index in [-0.39, 0.29) is 6.10 Å². The minimum atomic E-state index is 0.182. The van der Waals surface area contributed by atoms with E-state index in [1.807, 2.05) is 0 Å². The predicted molar refractivity (Wildman–Crippen MR) is 83.5 cm³/mol. The van der Waals surface area contributed by atoms with E-state index in [1.165, 1.54) is 36.2 Å². The molecule has 1 N–H and O–H groups in total. The first-order valence-electron chi connectivity index (χ1n) is 8.27. The van der Waals surface area contributed by atoms with Crippen LogP contribution in [0.2, 0.25) is 0 Å². The Morgan fingerprint density at radius 1 is 1.29 bits per heavy atom. The largest absolute Gasteiger partial charge is 0.381 e. The molecule has 4 nitrogen and oxygen atoms in total. The van der Waals surface area contributed by atoms with Gasteiger partial charge in [-0.3, -0.25) is 0 Å². The molecule has 4 heteroatoms. The van der Waals surface area contributed by atoms with Crippen LogP contribution in [0, 0.1) is 12.8 Å². The number of methoxy groups -OCH3 is 1. The zero-order valence-electron chi connectivity index (χ0n) is 13.5. The van der Waals surface area contributed by atoms with Gasteiger partial charge in [0.15, 0.2) is 0 Å². The number of aryl methyl sites for hydroxylation is 2. The highest BCUT2D eigenvalue weighted by Crippen LogP contribution is 2.27. The Hall–Kier alpha value is -1.00. The van der Waals surface area contributed by atoms with Crippen molar-refractivity contribution in [3.63, 3.8) is 0 Å². The van der Waals surface area contributed by atoms with Crippen LogP contribution in [-0.4, -0.2) is 35.8 Å². The van der Waals surface area contributed by atoms with Gasteiger partial charge in [0, 0.05) is 31.0 Å². The molecule has 0 saturated heterocycles. The van der Waals surface area contributed by atoms with Crippen molar-refractivity contribution in [2.45, 2.75) is 64.5 Å². The number of nitrogens with one attached hydrogen (secondary N) is 1. The Kier molecular flexibility index (Phi) is 4.55. The average molecular weight is 289 g/mol. The molecule has 0 bridgehead atoms. The number of nitrogens with zero attached hydrogens (tertiary/aromatic N) is 2. The monoisotopic (exact) mass is 289 g/mol. The standard InChI is InChI=1S/C17H27N3O/c1-11(21-3)8-17-19-12(2)15-9-13(4-7-16(15)20-17)10-18-14-5-6-14/h11,13-14,18H,4-10H2,1-3H3. The van der Waals surface area contributed by atoms with Crippen LogP contribution in [0.3, 0.4) is 0 Å². The highest BCUT2D eigenvalue weighted by atomic mass is 16.5. The van der Waals surface area contributed by atoms with Gasteiger partial charge in [0.25, 0.3) is 0 Å². The number of fused-ring (bicyclic) bond motifs is 1. The van der Waals surface area contributed by atoms with Crippen molar-refractivity contribution in [1.82, 2.24) is 15.3 Å². The van der Waals surface area contributed by atoms with Crippen molar-refractivity contribution in [2.24, 2.45) is 5.92 Å². The summed E-state index contributed by atoms with van der Waals surface area (Å²) < 4.78 is 5.33. The molecule has 1 aromatic heterocycles. The maximum absolute atomic E-state index is 5.33. The van der Waals surface area contributed by atoms with Gasteiger partial charge in [-0.1, -0.05) is 0 Å². The third-order valence-corrected chi connectivity index (χ3v) is 4.77. The van der Waals surface area contributed by atoms with Crippen LogP contribution >= 0.6 is 0 Å². The summed E-state index contributed by atoms with van der Waals surface area (Å²) in [6.45, 7) is 5.36. The van der Waals surface area contributed by atoms with Gasteiger partial charge < -0.3 is 10.1 Å². The second kappa shape index (κ2) is 6.41. The lowest BCUT2D eigenvalue weighted by atomic mass is 9.85. The van der Waals surface area contributed by atoms with E-state index in [2.05, 4.69) is 19.2 Å². The molecule has 2 aliphatic carbocycles. The van der Waals surface area contributed by atoms with Crippen LogP contribution in [-0.2, 0) is 24.0 Å². The predicted octanol–water partition coefficient (Wildman–Crippen LogP) is 2.22. The highest BCUT2D eigenvalue weighted by Gasteiger charge is 2.26. The summed E-state index contributed by atoms with van der Waals surface area (Å²) in [5.74, 6) is 1.69. The fraction of sp³-hybridized carbons (Fsp3) is 0.765. The Bertz CT molecular complexity index is 499. The van der Waals surface area contributed by atoms with Crippen molar-refractivity contribution in [3.8, 4) is 0 Å². The number of aromatic nitrogens is 2. The SMILES string of the molecule is COC(C)Cc1nc(C)c2c(n1)CCC(CNC1CC1)C2. The van der Waals surface area contributed by atoms with Crippen LogP contribution in [0.4, 0.5) is 0 Å². The second-order valence-electron chi connectivity index (χ2n) is 6.69. The van der Waals surface area contributed by atoms with E-state index in [4.69, 9.17) is 14.7 Å². The minimum Gasteiger partial charge on any atom is -0.381 e. The van der Waals surface area contributed by atoms with E-state index in [0.29, 0.717) is 0 Å². The van der Waals surface area contributed by atoms with Crippen LogP contribution in [0.5, 0.6) is 0 Å². The van der Waals surface area contributed by atoms with Crippen molar-refractivity contribution < 1.29 is 4.74 Å². The first-order valence-corrected chi connectivity index (χ1v) is 8.27. The lowest BCUT2D eigenvalue weighted by Crippen LogP contribution is -2.30. The van der Waals surface area contributed by atoms with Gasteiger partial charge in [-0.15, -0.1) is 0 Å². The number of hydrogen-bond donors (Lipinski definition) is 1. The lowest BCUT2D eigenvalue weighted by molar-refractivity contribution is 0.117. The average Bonchev–Trinajstić information content (AvgIpc) is 3.29. The molecule has 0 spiro atoms. The van der Waals surface area contributed by atoms with Gasteiger partial charge in [-0.25, -0.2) is 9.97 Å². The third-order valence-electron chi connectivity index (χ3n) is 4.77. The van der Waals surface area contributed by atoms with Gasteiger partial charge in [0.1, 0.15) is 5.82 Å². The molecule has 2 aliphatic rings. The summed E-state index contributed by atoms with van der Waals surface area (Å²) in [7, 11) is 1.74. The quantitative estimate of drug-likeness (QED) is 0.872. The van der Waals surface area contributed by atoms with Crippen LogP contribution in [0.25, 0.3) is 0 Å². The Morgan fingerprint density at radius 3 is 2.81 bits per heavy atom. The molecular weight excluding hydrogens is 262 g/mol. The molecule has 2 unspecified atom stereocenters. The highest BCUT2D eigenvalue weighted by molar-refractivity contribution is 5.28. The Labute approximate surface area is 127 Å². The molecule has 21 heavy (non-hydrogen) atoms. The van der Waals surface area contributed by atoms with Crippen molar-refractivity contribution in [1.29, 1.82) is 0 Å². The van der Waals surface area contributed by atoms with Crippen molar-refractivity contribution in [3.05, 3.63) is 22.8 Å². The van der Waals surface area contributed by atoms with Crippen molar-refractivity contribution in [2.75, 3.05) is 13.7 Å². The molecule has 1 heterocycles. The van der Waals surface area contributed by atoms with Crippen LogP contribution < -0.4 is 5.32 Å². The molecule has 1 aromatic rings. The van der Waals surface area contributed by atoms with Gasteiger partial charge in [0.2, 0.25) is 0 Å². The van der Waals surface area contributed by atoms with Crippen LogP contribution in [0.1, 0.15) is 49.0 Å². The normalized spacial score (nSPS) is 22.9. The number of ether oxygens (including phenoxy) is 1. The molecule has 2 atom stereocenters. The van der Waals surface area contributed by atoms with Gasteiger partial charge in [0.05, 0.1) is 6.10 Å². The minimum absolute atomic E-state index is 0.182. The fourth-order valence-electron chi connectivity index (χ4n) is 3.15. The molecule has 116 valence electrons. The van der Waals surface area contributed by atoms with Gasteiger partial charge in [-0.05, 0) is 64.0 Å².